The second-order valence-electron chi connectivity index (χ2n) is 6.47. The summed E-state index contributed by atoms with van der Waals surface area (Å²) in [6, 6.07) is 8.34. The molecule has 30 heavy (non-hydrogen) atoms. The summed E-state index contributed by atoms with van der Waals surface area (Å²) in [4.78, 5) is 13.3. The Morgan fingerprint density at radius 2 is 1.80 bits per heavy atom. The number of halogens is 5. The molecule has 6 nitrogen and oxygen atoms in total. The summed E-state index contributed by atoms with van der Waals surface area (Å²) in [5.74, 6) is -2.05. The van der Waals surface area contributed by atoms with Crippen LogP contribution in [0.5, 0.6) is 0 Å². The lowest BCUT2D eigenvalue weighted by Gasteiger charge is -2.32. The third kappa shape index (κ3) is 6.24. The van der Waals surface area contributed by atoms with Gasteiger partial charge in [-0.25, -0.2) is 4.39 Å². The third-order valence-electron chi connectivity index (χ3n) is 4.36. The normalized spacial score (nSPS) is 13.2. The molecule has 0 aromatic heterocycles. The van der Waals surface area contributed by atoms with Crippen molar-refractivity contribution in [1.82, 2.24) is 0 Å². The van der Waals surface area contributed by atoms with Crippen molar-refractivity contribution in [3.8, 4) is 0 Å². The molecule has 1 atom stereocenters. The van der Waals surface area contributed by atoms with Crippen molar-refractivity contribution in [1.29, 1.82) is 0 Å². The number of hydrogen-bond acceptors (Lipinski definition) is 4. The van der Waals surface area contributed by atoms with E-state index in [0.29, 0.717) is 10.7 Å². The second kappa shape index (κ2) is 9.66. The van der Waals surface area contributed by atoms with Crippen LogP contribution in [-0.4, -0.2) is 29.2 Å². The molecule has 162 valence electrons. The van der Waals surface area contributed by atoms with E-state index in [4.69, 9.17) is 28.3 Å². The molecule has 2 aromatic rings. The first-order valence-electron chi connectivity index (χ1n) is 8.66. The number of amidine groups is 1. The van der Waals surface area contributed by atoms with Gasteiger partial charge in [0.25, 0.3) is 0 Å². The van der Waals surface area contributed by atoms with Gasteiger partial charge in [-0.3, -0.25) is 4.79 Å². The van der Waals surface area contributed by atoms with Crippen LogP contribution in [0, 0.1) is 5.82 Å². The highest BCUT2D eigenvalue weighted by Crippen LogP contribution is 2.29. The Morgan fingerprint density at radius 3 is 2.30 bits per heavy atom. The molecule has 0 radical (unpaired) electrons. The van der Waals surface area contributed by atoms with E-state index >= 15 is 0 Å². The summed E-state index contributed by atoms with van der Waals surface area (Å²) in [5.41, 5.74) is 11.3. The Balaban J connectivity index is 2.43. The number of anilines is 1. The van der Waals surface area contributed by atoms with Crippen LogP contribution in [0.15, 0.2) is 47.6 Å². The summed E-state index contributed by atoms with van der Waals surface area (Å²) >= 11 is 5.86. The SMILES string of the molecule is NC(=O)C(CCC(F)(F)F)N(Cc1ccc(/C(N)=N/O)cc1F)c1ccc(Cl)cc1. The molecule has 2 aromatic carbocycles. The summed E-state index contributed by atoms with van der Waals surface area (Å²) in [7, 11) is 0. The Kier molecular flexibility index (Phi) is 7.49. The van der Waals surface area contributed by atoms with Gasteiger partial charge in [0.05, 0.1) is 0 Å². The lowest BCUT2D eigenvalue weighted by atomic mass is 10.0. The van der Waals surface area contributed by atoms with E-state index in [2.05, 4.69) is 5.16 Å². The number of nitrogens with zero attached hydrogens (tertiary/aromatic N) is 2. The second-order valence-corrected chi connectivity index (χ2v) is 6.90. The molecule has 1 unspecified atom stereocenters. The average molecular weight is 447 g/mol. The van der Waals surface area contributed by atoms with Crippen molar-refractivity contribution in [2.75, 3.05) is 4.90 Å². The number of oxime groups is 1. The first-order valence-corrected chi connectivity index (χ1v) is 9.04. The van der Waals surface area contributed by atoms with E-state index in [9.17, 15) is 22.4 Å². The zero-order chi connectivity index (χ0) is 22.5. The van der Waals surface area contributed by atoms with E-state index < -0.39 is 36.8 Å². The molecule has 1 amide bonds. The molecular weight excluding hydrogens is 428 g/mol. The Bertz CT molecular complexity index is 920. The van der Waals surface area contributed by atoms with Gasteiger partial charge in [0.1, 0.15) is 11.9 Å². The molecule has 0 aliphatic heterocycles. The van der Waals surface area contributed by atoms with Gasteiger partial charge < -0.3 is 21.6 Å². The number of nitrogens with two attached hydrogens (primary N) is 2. The standard InChI is InChI=1S/C19H19ClF4N4O2/c20-13-3-5-14(6-4-13)28(16(18(26)29)7-8-19(22,23)24)10-12-2-1-11(9-15(12)21)17(25)27-30/h1-6,9,16,30H,7-8,10H2,(H2,25,27)(H2,26,29). The lowest BCUT2D eigenvalue weighted by molar-refractivity contribution is -0.138. The van der Waals surface area contributed by atoms with Gasteiger partial charge in [-0.05, 0) is 36.8 Å². The van der Waals surface area contributed by atoms with E-state index in [1.807, 2.05) is 0 Å². The highest BCUT2D eigenvalue weighted by molar-refractivity contribution is 6.30. The van der Waals surface area contributed by atoms with E-state index in [-0.39, 0.29) is 23.5 Å². The van der Waals surface area contributed by atoms with Crippen molar-refractivity contribution in [2.24, 2.45) is 16.6 Å². The van der Waals surface area contributed by atoms with Gasteiger partial charge in [-0.2, -0.15) is 13.2 Å². The van der Waals surface area contributed by atoms with Crippen molar-refractivity contribution < 1.29 is 27.6 Å². The van der Waals surface area contributed by atoms with Crippen molar-refractivity contribution in [3.63, 3.8) is 0 Å². The Hall–Kier alpha value is -3.01. The van der Waals surface area contributed by atoms with Crippen LogP contribution in [0.3, 0.4) is 0 Å². The van der Waals surface area contributed by atoms with Gasteiger partial charge >= 0.3 is 6.18 Å². The number of rotatable bonds is 8. The average Bonchev–Trinajstić information content (AvgIpc) is 2.67. The molecule has 0 bridgehead atoms. The molecule has 0 saturated heterocycles. The lowest BCUT2D eigenvalue weighted by Crippen LogP contribution is -2.45. The minimum absolute atomic E-state index is 0.0673. The maximum Gasteiger partial charge on any atom is 0.389 e. The van der Waals surface area contributed by atoms with E-state index in [1.54, 1.807) is 0 Å². The molecule has 11 heteroatoms. The number of alkyl halides is 3. The first-order chi connectivity index (χ1) is 14.0. The number of carbonyl (C=O) groups excluding carboxylic acids is 1. The maximum absolute atomic E-state index is 14.6. The summed E-state index contributed by atoms with van der Waals surface area (Å²) in [5, 5.41) is 11.9. The van der Waals surface area contributed by atoms with E-state index in [0.717, 1.165) is 6.07 Å². The molecule has 5 N–H and O–H groups in total. The monoisotopic (exact) mass is 446 g/mol. The number of benzene rings is 2. The van der Waals surface area contributed by atoms with Crippen LogP contribution in [-0.2, 0) is 11.3 Å². The molecule has 0 fully saturated rings. The molecule has 0 saturated carbocycles. The predicted molar refractivity (Wildman–Crippen MR) is 105 cm³/mol. The van der Waals surface area contributed by atoms with Crippen LogP contribution in [0.4, 0.5) is 23.2 Å². The fraction of sp³-hybridized carbons (Fsp3) is 0.263. The molecule has 0 spiro atoms. The Labute approximate surface area is 174 Å². The molecule has 0 aliphatic carbocycles. The summed E-state index contributed by atoms with van der Waals surface area (Å²) in [6.45, 7) is -0.255. The third-order valence-corrected chi connectivity index (χ3v) is 4.61. The van der Waals surface area contributed by atoms with Gasteiger partial charge in [-0.15, -0.1) is 0 Å². The van der Waals surface area contributed by atoms with Gasteiger partial charge in [-0.1, -0.05) is 28.9 Å². The van der Waals surface area contributed by atoms with Crippen LogP contribution in [0.2, 0.25) is 5.02 Å². The van der Waals surface area contributed by atoms with Crippen molar-refractivity contribution in [2.45, 2.75) is 31.6 Å². The smallest absolute Gasteiger partial charge is 0.389 e. The fourth-order valence-electron chi connectivity index (χ4n) is 2.84. The number of hydrogen-bond donors (Lipinski definition) is 3. The van der Waals surface area contributed by atoms with Crippen LogP contribution >= 0.6 is 11.6 Å². The number of primary amides is 1. The van der Waals surface area contributed by atoms with Crippen molar-refractivity contribution >= 4 is 29.0 Å². The zero-order valence-corrected chi connectivity index (χ0v) is 16.3. The van der Waals surface area contributed by atoms with Gasteiger partial charge in [0, 0.05) is 34.8 Å². The largest absolute Gasteiger partial charge is 0.409 e. The highest BCUT2D eigenvalue weighted by Gasteiger charge is 2.33. The van der Waals surface area contributed by atoms with Gasteiger partial charge in [0.2, 0.25) is 5.91 Å². The maximum atomic E-state index is 14.6. The molecule has 2 rings (SSSR count). The van der Waals surface area contributed by atoms with Gasteiger partial charge in [0.15, 0.2) is 5.84 Å². The molecular formula is C19H19ClF4N4O2. The minimum Gasteiger partial charge on any atom is -0.409 e. The summed E-state index contributed by atoms with van der Waals surface area (Å²) < 4.78 is 52.8. The quantitative estimate of drug-likeness (QED) is 0.189. The van der Waals surface area contributed by atoms with E-state index in [1.165, 1.54) is 41.3 Å². The Morgan fingerprint density at radius 1 is 1.17 bits per heavy atom. The topological polar surface area (TPSA) is 105 Å². The zero-order valence-electron chi connectivity index (χ0n) is 15.5. The number of amides is 1. The summed E-state index contributed by atoms with van der Waals surface area (Å²) in [6.07, 6.45) is -6.34. The van der Waals surface area contributed by atoms with Crippen LogP contribution in [0.25, 0.3) is 0 Å². The van der Waals surface area contributed by atoms with Crippen LogP contribution in [0.1, 0.15) is 24.0 Å². The predicted octanol–water partition coefficient (Wildman–Crippen LogP) is 3.78. The molecule has 0 heterocycles. The van der Waals surface area contributed by atoms with Crippen LogP contribution < -0.4 is 16.4 Å². The van der Waals surface area contributed by atoms with Crippen molar-refractivity contribution in [3.05, 3.63) is 64.4 Å². The minimum atomic E-state index is -4.49. The molecule has 0 aliphatic rings. The number of carbonyl (C=O) groups is 1. The highest BCUT2D eigenvalue weighted by atomic mass is 35.5. The first kappa shape index (κ1) is 23.3. The fourth-order valence-corrected chi connectivity index (χ4v) is 2.97.